The molecule has 4 heteroatoms. The van der Waals surface area contributed by atoms with Crippen LogP contribution in [0.4, 0.5) is 4.39 Å². The zero-order valence-electron chi connectivity index (χ0n) is 8.45. The van der Waals surface area contributed by atoms with Crippen molar-refractivity contribution in [1.29, 1.82) is 0 Å². The van der Waals surface area contributed by atoms with E-state index < -0.39 is 6.17 Å². The van der Waals surface area contributed by atoms with E-state index in [4.69, 9.17) is 5.11 Å². The van der Waals surface area contributed by atoms with E-state index in [1.54, 1.807) is 0 Å². The Morgan fingerprint density at radius 1 is 1.36 bits per heavy atom. The van der Waals surface area contributed by atoms with Gasteiger partial charge in [-0.2, -0.15) is 0 Å². The number of hydrogen-bond donors (Lipinski definition) is 2. The highest BCUT2D eigenvalue weighted by Crippen LogP contribution is 2.25. The Kier molecular flexibility index (Phi) is 3.36. The van der Waals surface area contributed by atoms with Crippen molar-refractivity contribution in [3.63, 3.8) is 0 Å². The molecule has 2 rings (SSSR count). The zero-order valence-corrected chi connectivity index (χ0v) is 8.45. The molecule has 1 unspecified atom stereocenters. The summed E-state index contributed by atoms with van der Waals surface area (Å²) in [6.45, 7) is 2.67. The molecule has 2 saturated heterocycles. The Morgan fingerprint density at radius 2 is 2.07 bits per heavy atom. The van der Waals surface area contributed by atoms with E-state index in [1.165, 1.54) is 0 Å². The third-order valence-electron chi connectivity index (χ3n) is 3.39. The summed E-state index contributed by atoms with van der Waals surface area (Å²) in [5, 5.41) is 12.5. The summed E-state index contributed by atoms with van der Waals surface area (Å²) in [7, 11) is 0. The summed E-state index contributed by atoms with van der Waals surface area (Å²) < 4.78 is 13.2. The molecule has 0 amide bonds. The Labute approximate surface area is 84.3 Å². The molecule has 0 aromatic rings. The Morgan fingerprint density at radius 3 is 2.71 bits per heavy atom. The van der Waals surface area contributed by atoms with Crippen molar-refractivity contribution in [3.8, 4) is 0 Å². The van der Waals surface area contributed by atoms with E-state index in [-0.39, 0.29) is 12.6 Å². The molecule has 0 spiro atoms. The van der Waals surface area contributed by atoms with Gasteiger partial charge in [0.2, 0.25) is 0 Å². The van der Waals surface area contributed by atoms with Gasteiger partial charge in [0.15, 0.2) is 0 Å². The second-order valence-electron chi connectivity index (χ2n) is 4.35. The van der Waals surface area contributed by atoms with E-state index in [1.807, 2.05) is 0 Å². The lowest BCUT2D eigenvalue weighted by Crippen LogP contribution is -2.46. The fraction of sp³-hybridized carbons (Fsp3) is 1.00. The molecule has 0 aliphatic carbocycles. The fourth-order valence-corrected chi connectivity index (χ4v) is 2.65. The molecule has 14 heavy (non-hydrogen) atoms. The van der Waals surface area contributed by atoms with Gasteiger partial charge in [0.1, 0.15) is 6.17 Å². The zero-order chi connectivity index (χ0) is 9.97. The number of halogens is 1. The van der Waals surface area contributed by atoms with Gasteiger partial charge in [-0.25, -0.2) is 4.39 Å². The maximum absolute atomic E-state index is 13.2. The molecule has 2 heterocycles. The number of piperidine rings is 1. The first kappa shape index (κ1) is 10.3. The number of hydrogen-bond acceptors (Lipinski definition) is 3. The minimum Gasteiger partial charge on any atom is -0.395 e. The van der Waals surface area contributed by atoms with Crippen molar-refractivity contribution in [2.75, 3.05) is 26.2 Å². The second-order valence-corrected chi connectivity index (χ2v) is 4.35. The first-order valence-electron chi connectivity index (χ1n) is 5.52. The minimum absolute atomic E-state index is 0.0631. The first-order valence-corrected chi connectivity index (χ1v) is 5.52. The molecule has 2 N–H and O–H groups in total. The van der Waals surface area contributed by atoms with Gasteiger partial charge in [-0.3, -0.25) is 4.90 Å². The largest absolute Gasteiger partial charge is 0.395 e. The molecular weight excluding hydrogens is 183 g/mol. The van der Waals surface area contributed by atoms with Crippen LogP contribution in [0.3, 0.4) is 0 Å². The van der Waals surface area contributed by atoms with Crippen molar-refractivity contribution in [2.24, 2.45) is 0 Å². The van der Waals surface area contributed by atoms with Crippen molar-refractivity contribution < 1.29 is 9.50 Å². The van der Waals surface area contributed by atoms with Gasteiger partial charge in [0, 0.05) is 18.6 Å². The molecule has 0 saturated carbocycles. The van der Waals surface area contributed by atoms with Gasteiger partial charge in [0.05, 0.1) is 6.61 Å². The smallest absolute Gasteiger partial charge is 0.114 e. The van der Waals surface area contributed by atoms with E-state index in [0.29, 0.717) is 19.0 Å². The Hall–Kier alpha value is -0.190. The van der Waals surface area contributed by atoms with Gasteiger partial charge >= 0.3 is 0 Å². The molecule has 0 aromatic heterocycles. The summed E-state index contributed by atoms with van der Waals surface area (Å²) in [5.74, 6) is 0. The van der Waals surface area contributed by atoms with Gasteiger partial charge < -0.3 is 10.4 Å². The molecule has 2 aliphatic rings. The molecular formula is C10H19FN2O. The number of aliphatic hydroxyl groups excluding tert-OH is 1. The number of alkyl halides is 1. The van der Waals surface area contributed by atoms with E-state index >= 15 is 0 Å². The van der Waals surface area contributed by atoms with Crippen LogP contribution in [-0.4, -0.2) is 54.5 Å². The third-order valence-corrected chi connectivity index (χ3v) is 3.39. The van der Waals surface area contributed by atoms with Crippen LogP contribution in [0.5, 0.6) is 0 Å². The van der Waals surface area contributed by atoms with Gasteiger partial charge in [-0.15, -0.1) is 0 Å². The number of likely N-dealkylation sites (tertiary alicyclic amines) is 1. The Bertz CT molecular complexity index is 185. The molecule has 3 nitrogen and oxygen atoms in total. The molecule has 2 fully saturated rings. The Balaban J connectivity index is 1.94. The highest BCUT2D eigenvalue weighted by Gasteiger charge is 2.36. The summed E-state index contributed by atoms with van der Waals surface area (Å²) in [6.07, 6.45) is 1.95. The molecule has 82 valence electrons. The lowest BCUT2D eigenvalue weighted by Gasteiger charge is -2.34. The number of nitrogens with one attached hydrogen (secondary N) is 1. The molecule has 0 bridgehead atoms. The monoisotopic (exact) mass is 202 g/mol. The number of aliphatic hydroxyl groups is 1. The molecule has 0 radical (unpaired) electrons. The van der Waals surface area contributed by atoms with Gasteiger partial charge in [-0.1, -0.05) is 0 Å². The predicted molar refractivity (Wildman–Crippen MR) is 53.0 cm³/mol. The normalized spacial score (nSPS) is 36.4. The van der Waals surface area contributed by atoms with Crippen molar-refractivity contribution in [2.45, 2.75) is 37.5 Å². The lowest BCUT2D eigenvalue weighted by atomic mass is 10.0. The van der Waals surface area contributed by atoms with Crippen LogP contribution in [0.15, 0.2) is 0 Å². The summed E-state index contributed by atoms with van der Waals surface area (Å²) in [5.41, 5.74) is 0. The van der Waals surface area contributed by atoms with Crippen LogP contribution >= 0.6 is 0 Å². The summed E-state index contributed by atoms with van der Waals surface area (Å²) >= 11 is 0. The standard InChI is InChI=1S/C10H19FN2O/c11-8-5-10(7-14)13(6-8)9-1-3-12-4-2-9/h8-10,12,14H,1-7H2/t8?,10-/m1/s1. The van der Waals surface area contributed by atoms with Crippen LogP contribution in [0, 0.1) is 0 Å². The average Bonchev–Trinajstić information content (AvgIpc) is 2.61. The van der Waals surface area contributed by atoms with E-state index in [2.05, 4.69) is 10.2 Å². The summed E-state index contributed by atoms with van der Waals surface area (Å²) in [6, 6.07) is 0.544. The van der Waals surface area contributed by atoms with Crippen LogP contribution in [-0.2, 0) is 0 Å². The van der Waals surface area contributed by atoms with Gasteiger partial charge in [0.25, 0.3) is 0 Å². The quantitative estimate of drug-likeness (QED) is 0.669. The molecule has 2 aliphatic heterocycles. The van der Waals surface area contributed by atoms with Crippen LogP contribution in [0.2, 0.25) is 0 Å². The average molecular weight is 202 g/mol. The fourth-order valence-electron chi connectivity index (χ4n) is 2.65. The van der Waals surface area contributed by atoms with Gasteiger partial charge in [-0.05, 0) is 32.4 Å². The van der Waals surface area contributed by atoms with Crippen LogP contribution in [0.25, 0.3) is 0 Å². The SMILES string of the molecule is OC[C@H]1CC(F)CN1C1CCNCC1. The first-order chi connectivity index (χ1) is 6.81. The summed E-state index contributed by atoms with van der Waals surface area (Å²) in [4.78, 5) is 2.17. The maximum atomic E-state index is 13.2. The van der Waals surface area contributed by atoms with Crippen LogP contribution < -0.4 is 5.32 Å². The molecule has 0 aromatic carbocycles. The van der Waals surface area contributed by atoms with Crippen molar-refractivity contribution in [3.05, 3.63) is 0 Å². The van der Waals surface area contributed by atoms with E-state index in [0.717, 1.165) is 25.9 Å². The van der Waals surface area contributed by atoms with Crippen molar-refractivity contribution >= 4 is 0 Å². The minimum atomic E-state index is -0.734. The molecule has 2 atom stereocenters. The highest BCUT2D eigenvalue weighted by molar-refractivity contribution is 4.90. The topological polar surface area (TPSA) is 35.5 Å². The maximum Gasteiger partial charge on any atom is 0.114 e. The van der Waals surface area contributed by atoms with Crippen LogP contribution in [0.1, 0.15) is 19.3 Å². The van der Waals surface area contributed by atoms with E-state index in [9.17, 15) is 4.39 Å². The number of rotatable bonds is 2. The lowest BCUT2D eigenvalue weighted by molar-refractivity contribution is 0.100. The second kappa shape index (κ2) is 4.55. The number of nitrogens with zero attached hydrogens (tertiary/aromatic N) is 1. The third kappa shape index (κ3) is 2.07. The highest BCUT2D eigenvalue weighted by atomic mass is 19.1. The predicted octanol–water partition coefficient (Wildman–Crippen LogP) is 0.143. The van der Waals surface area contributed by atoms with Crippen molar-refractivity contribution in [1.82, 2.24) is 10.2 Å².